The summed E-state index contributed by atoms with van der Waals surface area (Å²) in [7, 11) is 0. The van der Waals surface area contributed by atoms with Crippen LogP contribution in [0.1, 0.15) is 45.2 Å². The maximum Gasteiger partial charge on any atom is 0.0361 e. The van der Waals surface area contributed by atoms with Gasteiger partial charge in [0.15, 0.2) is 0 Å². The minimum atomic E-state index is 0.565. The van der Waals surface area contributed by atoms with Gasteiger partial charge in [0.05, 0.1) is 0 Å². The van der Waals surface area contributed by atoms with Crippen molar-refractivity contribution in [3.8, 4) is 0 Å². The lowest BCUT2D eigenvalue weighted by molar-refractivity contribution is 0.442. The molecule has 16 heavy (non-hydrogen) atoms. The zero-order valence-corrected chi connectivity index (χ0v) is 10.6. The average Bonchev–Trinajstić information content (AvgIpc) is 2.87. The second-order valence-electron chi connectivity index (χ2n) is 5.34. The molecule has 1 heterocycles. The molecule has 0 amide bonds. The van der Waals surface area contributed by atoms with Gasteiger partial charge in [0.2, 0.25) is 0 Å². The SMILES string of the molecule is CC(C)NCc1cccn1CC1CCCC1. The number of hydrogen-bond acceptors (Lipinski definition) is 1. The van der Waals surface area contributed by atoms with Gasteiger partial charge in [0, 0.05) is 31.0 Å². The third-order valence-electron chi connectivity index (χ3n) is 3.54. The molecule has 0 aromatic carbocycles. The van der Waals surface area contributed by atoms with Gasteiger partial charge in [-0.1, -0.05) is 26.7 Å². The molecular formula is C14H24N2. The van der Waals surface area contributed by atoms with Crippen molar-refractivity contribution in [3.05, 3.63) is 24.0 Å². The average molecular weight is 220 g/mol. The molecule has 0 atom stereocenters. The summed E-state index contributed by atoms with van der Waals surface area (Å²) in [4.78, 5) is 0. The summed E-state index contributed by atoms with van der Waals surface area (Å²) in [6.45, 7) is 6.62. The van der Waals surface area contributed by atoms with E-state index in [1.165, 1.54) is 37.9 Å². The van der Waals surface area contributed by atoms with Crippen LogP contribution in [0.2, 0.25) is 0 Å². The molecule has 1 saturated carbocycles. The maximum atomic E-state index is 3.49. The Morgan fingerprint density at radius 3 is 2.81 bits per heavy atom. The van der Waals surface area contributed by atoms with Gasteiger partial charge < -0.3 is 9.88 Å². The van der Waals surface area contributed by atoms with E-state index in [0.717, 1.165) is 12.5 Å². The van der Waals surface area contributed by atoms with Crippen LogP contribution < -0.4 is 5.32 Å². The van der Waals surface area contributed by atoms with Crippen LogP contribution in [-0.4, -0.2) is 10.6 Å². The first-order valence-electron chi connectivity index (χ1n) is 6.63. The van der Waals surface area contributed by atoms with Crippen molar-refractivity contribution in [2.75, 3.05) is 0 Å². The van der Waals surface area contributed by atoms with Crippen LogP contribution >= 0.6 is 0 Å². The van der Waals surface area contributed by atoms with Gasteiger partial charge in [-0.2, -0.15) is 0 Å². The highest BCUT2D eigenvalue weighted by molar-refractivity contribution is 5.07. The van der Waals surface area contributed by atoms with Crippen LogP contribution in [0.5, 0.6) is 0 Å². The van der Waals surface area contributed by atoms with Gasteiger partial charge in [-0.05, 0) is 30.9 Å². The number of rotatable bonds is 5. The van der Waals surface area contributed by atoms with Crippen LogP contribution in [0.3, 0.4) is 0 Å². The normalized spacial score (nSPS) is 17.4. The van der Waals surface area contributed by atoms with Crippen LogP contribution in [-0.2, 0) is 13.1 Å². The summed E-state index contributed by atoms with van der Waals surface area (Å²) in [5.74, 6) is 0.921. The highest BCUT2D eigenvalue weighted by Crippen LogP contribution is 2.26. The van der Waals surface area contributed by atoms with E-state index in [0.29, 0.717) is 6.04 Å². The lowest BCUT2D eigenvalue weighted by Crippen LogP contribution is -2.24. The standard InChI is InChI=1S/C14H24N2/c1-12(2)15-10-14-8-5-9-16(14)11-13-6-3-4-7-13/h5,8-9,12-13,15H,3-4,6-7,10-11H2,1-2H3. The van der Waals surface area contributed by atoms with Gasteiger partial charge in [0.25, 0.3) is 0 Å². The Hall–Kier alpha value is -0.760. The van der Waals surface area contributed by atoms with E-state index in [2.05, 4.69) is 42.1 Å². The second kappa shape index (κ2) is 5.53. The van der Waals surface area contributed by atoms with Crippen molar-refractivity contribution in [3.63, 3.8) is 0 Å². The lowest BCUT2D eigenvalue weighted by Gasteiger charge is -2.15. The Labute approximate surface area is 99.0 Å². The van der Waals surface area contributed by atoms with Crippen LogP contribution in [0.4, 0.5) is 0 Å². The van der Waals surface area contributed by atoms with Crippen molar-refractivity contribution >= 4 is 0 Å². The molecule has 0 saturated heterocycles. The van der Waals surface area contributed by atoms with E-state index < -0.39 is 0 Å². The molecule has 1 aliphatic rings. The Bertz CT molecular complexity index is 308. The first kappa shape index (κ1) is 11.7. The van der Waals surface area contributed by atoms with Crippen molar-refractivity contribution in [1.29, 1.82) is 0 Å². The van der Waals surface area contributed by atoms with Gasteiger partial charge in [-0.3, -0.25) is 0 Å². The fourth-order valence-corrected chi connectivity index (χ4v) is 2.57. The maximum absolute atomic E-state index is 3.49. The first-order chi connectivity index (χ1) is 7.75. The van der Waals surface area contributed by atoms with Crippen LogP contribution in [0, 0.1) is 5.92 Å². The van der Waals surface area contributed by atoms with Crippen LogP contribution in [0.15, 0.2) is 18.3 Å². The van der Waals surface area contributed by atoms with Gasteiger partial charge in [-0.15, -0.1) is 0 Å². The van der Waals surface area contributed by atoms with E-state index in [4.69, 9.17) is 0 Å². The fraction of sp³-hybridized carbons (Fsp3) is 0.714. The predicted octanol–water partition coefficient (Wildman–Crippen LogP) is 3.18. The van der Waals surface area contributed by atoms with E-state index in [9.17, 15) is 0 Å². The molecule has 1 aromatic rings. The van der Waals surface area contributed by atoms with Gasteiger partial charge >= 0.3 is 0 Å². The van der Waals surface area contributed by atoms with Gasteiger partial charge in [0.1, 0.15) is 0 Å². The molecule has 1 fully saturated rings. The molecule has 1 N–H and O–H groups in total. The molecule has 0 radical (unpaired) electrons. The molecule has 90 valence electrons. The molecule has 2 heteroatoms. The monoisotopic (exact) mass is 220 g/mol. The molecule has 0 bridgehead atoms. The third-order valence-corrected chi connectivity index (χ3v) is 3.54. The Kier molecular flexibility index (Phi) is 4.05. The quantitative estimate of drug-likeness (QED) is 0.806. The van der Waals surface area contributed by atoms with E-state index in [1.807, 2.05) is 0 Å². The molecular weight excluding hydrogens is 196 g/mol. The number of aromatic nitrogens is 1. The van der Waals surface area contributed by atoms with Crippen molar-refractivity contribution in [1.82, 2.24) is 9.88 Å². The van der Waals surface area contributed by atoms with Gasteiger partial charge in [-0.25, -0.2) is 0 Å². The second-order valence-corrected chi connectivity index (χ2v) is 5.34. The summed E-state index contributed by atoms with van der Waals surface area (Å²) in [5, 5.41) is 3.49. The smallest absolute Gasteiger partial charge is 0.0361 e. The molecule has 0 aliphatic heterocycles. The Balaban J connectivity index is 1.90. The van der Waals surface area contributed by atoms with Crippen molar-refractivity contribution in [2.45, 2.75) is 58.7 Å². The first-order valence-corrected chi connectivity index (χ1v) is 6.63. The highest BCUT2D eigenvalue weighted by Gasteiger charge is 2.16. The summed E-state index contributed by atoms with van der Waals surface area (Å²) in [6, 6.07) is 4.98. The molecule has 1 aromatic heterocycles. The summed E-state index contributed by atoms with van der Waals surface area (Å²) in [6.07, 6.45) is 7.96. The van der Waals surface area contributed by atoms with E-state index in [1.54, 1.807) is 0 Å². The summed E-state index contributed by atoms with van der Waals surface area (Å²) in [5.41, 5.74) is 1.43. The largest absolute Gasteiger partial charge is 0.350 e. The highest BCUT2D eigenvalue weighted by atomic mass is 15.0. The minimum absolute atomic E-state index is 0.565. The van der Waals surface area contributed by atoms with Crippen molar-refractivity contribution in [2.24, 2.45) is 5.92 Å². The van der Waals surface area contributed by atoms with Crippen LogP contribution in [0.25, 0.3) is 0 Å². The number of nitrogens with one attached hydrogen (secondary N) is 1. The fourth-order valence-electron chi connectivity index (χ4n) is 2.57. The zero-order chi connectivity index (χ0) is 11.4. The molecule has 1 aliphatic carbocycles. The molecule has 2 rings (SSSR count). The zero-order valence-electron chi connectivity index (χ0n) is 10.6. The third kappa shape index (κ3) is 3.11. The number of nitrogens with zero attached hydrogens (tertiary/aromatic N) is 1. The minimum Gasteiger partial charge on any atom is -0.350 e. The number of hydrogen-bond donors (Lipinski definition) is 1. The van der Waals surface area contributed by atoms with E-state index >= 15 is 0 Å². The van der Waals surface area contributed by atoms with E-state index in [-0.39, 0.29) is 0 Å². The Morgan fingerprint density at radius 1 is 1.38 bits per heavy atom. The topological polar surface area (TPSA) is 17.0 Å². The predicted molar refractivity (Wildman–Crippen MR) is 68.4 cm³/mol. The molecule has 0 unspecified atom stereocenters. The Morgan fingerprint density at radius 2 is 2.12 bits per heavy atom. The molecule has 2 nitrogen and oxygen atoms in total. The lowest BCUT2D eigenvalue weighted by atomic mass is 10.1. The summed E-state index contributed by atoms with van der Waals surface area (Å²) < 4.78 is 2.44. The van der Waals surface area contributed by atoms with Crippen molar-refractivity contribution < 1.29 is 0 Å². The summed E-state index contributed by atoms with van der Waals surface area (Å²) >= 11 is 0. The molecule has 0 spiro atoms.